The van der Waals surface area contributed by atoms with Gasteiger partial charge in [0.1, 0.15) is 0 Å². The van der Waals surface area contributed by atoms with Crippen molar-refractivity contribution in [3.63, 3.8) is 0 Å². The molecule has 0 bridgehead atoms. The highest BCUT2D eigenvalue weighted by Gasteiger charge is 2.26. The average Bonchev–Trinajstić information content (AvgIpc) is 3.72. The lowest BCUT2D eigenvalue weighted by Gasteiger charge is -2.09. The number of ether oxygens (including phenoxy) is 2. The zero-order valence-electron chi connectivity index (χ0n) is 29.5. The molecule has 0 atom stereocenters. The van der Waals surface area contributed by atoms with Crippen LogP contribution in [0, 0.1) is 13.8 Å². The van der Waals surface area contributed by atoms with Gasteiger partial charge in [0.15, 0.2) is 0 Å². The second kappa shape index (κ2) is 16.3. The van der Waals surface area contributed by atoms with E-state index >= 15 is 0 Å². The number of hydrogen-bond donors (Lipinski definition) is 4. The Balaban J connectivity index is 1.79. The van der Waals surface area contributed by atoms with Gasteiger partial charge < -0.3 is 30.1 Å². The molecule has 0 fully saturated rings. The zero-order valence-corrected chi connectivity index (χ0v) is 29.5. The minimum Gasteiger partial charge on any atom is -0.466 e. The van der Waals surface area contributed by atoms with Gasteiger partial charge in [0.25, 0.3) is 11.8 Å². The monoisotopic (exact) mass is 668 g/mol. The van der Waals surface area contributed by atoms with E-state index in [1.54, 1.807) is 26.0 Å². The molecule has 0 radical (unpaired) electrons. The van der Waals surface area contributed by atoms with Gasteiger partial charge in [0.05, 0.1) is 24.6 Å². The van der Waals surface area contributed by atoms with E-state index in [9.17, 15) is 19.2 Å². The summed E-state index contributed by atoms with van der Waals surface area (Å²) in [6, 6.07) is 0. The second-order valence-electron chi connectivity index (χ2n) is 12.4. The lowest BCUT2D eigenvalue weighted by atomic mass is 9.98. The summed E-state index contributed by atoms with van der Waals surface area (Å²) >= 11 is 0. The SMILES string of the molecule is C=CC1=C(C)C(=O)N/C1=C\c1[nH]c(Cc2[nH]c(/C=C3\NC(=O)C(C)=C3C=C)c(C)c2CCC(=O)OCCC)c(CCC(=O)OCCC)c1C. The van der Waals surface area contributed by atoms with Gasteiger partial charge in [-0.25, -0.2) is 0 Å². The van der Waals surface area contributed by atoms with Crippen LogP contribution >= 0.6 is 0 Å². The summed E-state index contributed by atoms with van der Waals surface area (Å²) in [7, 11) is 0. The summed E-state index contributed by atoms with van der Waals surface area (Å²) in [5.74, 6) is -0.865. The molecular formula is C39H48N4O6. The molecule has 49 heavy (non-hydrogen) atoms. The first-order valence-electron chi connectivity index (χ1n) is 16.9. The lowest BCUT2D eigenvalue weighted by Crippen LogP contribution is -2.15. The summed E-state index contributed by atoms with van der Waals surface area (Å²) in [5.41, 5.74) is 11.2. The summed E-state index contributed by atoms with van der Waals surface area (Å²) in [5, 5.41) is 5.86. The number of esters is 2. The Hall–Kier alpha value is -5.12. The summed E-state index contributed by atoms with van der Waals surface area (Å²) < 4.78 is 10.7. The Labute approximate surface area is 288 Å². The van der Waals surface area contributed by atoms with Crippen LogP contribution in [-0.4, -0.2) is 46.9 Å². The van der Waals surface area contributed by atoms with Crippen LogP contribution in [0.15, 0.2) is 59.0 Å². The van der Waals surface area contributed by atoms with E-state index in [2.05, 4.69) is 33.8 Å². The number of aromatic nitrogens is 2. The molecule has 0 spiro atoms. The van der Waals surface area contributed by atoms with Crippen LogP contribution in [0.4, 0.5) is 0 Å². The van der Waals surface area contributed by atoms with Crippen molar-refractivity contribution in [3.05, 3.63) is 104 Å². The molecule has 0 unspecified atom stereocenters. The molecule has 0 aromatic carbocycles. The third-order valence-electron chi connectivity index (χ3n) is 9.01. The van der Waals surface area contributed by atoms with Gasteiger partial charge in [-0.3, -0.25) is 19.2 Å². The molecule has 10 heteroatoms. The Morgan fingerprint density at radius 3 is 1.41 bits per heavy atom. The van der Waals surface area contributed by atoms with Crippen molar-refractivity contribution < 1.29 is 28.7 Å². The molecule has 0 saturated carbocycles. The zero-order chi connectivity index (χ0) is 35.8. The van der Waals surface area contributed by atoms with Crippen molar-refractivity contribution in [2.75, 3.05) is 13.2 Å². The largest absolute Gasteiger partial charge is 0.466 e. The maximum atomic E-state index is 12.6. The molecule has 0 aliphatic carbocycles. The molecule has 2 amide bonds. The molecular weight excluding hydrogens is 620 g/mol. The van der Waals surface area contributed by atoms with E-state index in [1.807, 2.05) is 39.8 Å². The Bertz CT molecular complexity index is 1680. The first-order valence-corrected chi connectivity index (χ1v) is 16.9. The quantitative estimate of drug-likeness (QED) is 0.155. The second-order valence-corrected chi connectivity index (χ2v) is 12.4. The van der Waals surface area contributed by atoms with Crippen LogP contribution in [0.2, 0.25) is 0 Å². The molecule has 2 aliphatic heterocycles. The van der Waals surface area contributed by atoms with Crippen LogP contribution in [0.5, 0.6) is 0 Å². The van der Waals surface area contributed by atoms with E-state index in [1.165, 1.54) is 0 Å². The highest BCUT2D eigenvalue weighted by Crippen LogP contribution is 2.32. The molecule has 4 N–H and O–H groups in total. The Kier molecular flexibility index (Phi) is 12.2. The topological polar surface area (TPSA) is 142 Å². The first-order chi connectivity index (χ1) is 23.4. The number of nitrogens with one attached hydrogen (secondary N) is 4. The van der Waals surface area contributed by atoms with Crippen LogP contribution in [0.1, 0.15) is 98.4 Å². The smallest absolute Gasteiger partial charge is 0.306 e. The standard InChI is InChI=1S/C39H48N4O6/c1-9-17-48-36(44)15-13-28-22(5)30(19-32-26(11-3)24(7)38(46)42-32)40-34(28)21-35-29(14-16-37(45)49-18-10-2)23(6)31(41-35)20-33-27(12-4)25(8)39(47)43-33/h11-12,19-20,40-41H,3-4,9-10,13-18,21H2,1-2,5-8H3,(H,42,46)(H,43,47)/b32-19-,33-20-. The Morgan fingerprint density at radius 2 is 1.06 bits per heavy atom. The van der Waals surface area contributed by atoms with Gasteiger partial charge in [-0.15, -0.1) is 0 Å². The molecule has 2 aromatic rings. The average molecular weight is 669 g/mol. The van der Waals surface area contributed by atoms with Crippen molar-refractivity contribution in [2.24, 2.45) is 0 Å². The van der Waals surface area contributed by atoms with Gasteiger partial charge in [0.2, 0.25) is 0 Å². The van der Waals surface area contributed by atoms with E-state index in [4.69, 9.17) is 9.47 Å². The maximum absolute atomic E-state index is 12.6. The van der Waals surface area contributed by atoms with Crippen molar-refractivity contribution in [1.29, 1.82) is 0 Å². The fourth-order valence-corrected chi connectivity index (χ4v) is 6.17. The molecule has 4 rings (SSSR count). The number of allylic oxidation sites excluding steroid dienone is 2. The van der Waals surface area contributed by atoms with Crippen molar-refractivity contribution >= 4 is 35.9 Å². The Morgan fingerprint density at radius 1 is 0.673 bits per heavy atom. The number of amides is 2. The molecule has 2 aromatic heterocycles. The third kappa shape index (κ3) is 8.31. The van der Waals surface area contributed by atoms with Gasteiger partial charge in [-0.05, 0) is 87.8 Å². The number of carbonyl (C=O) groups excluding carboxylic acids is 4. The van der Waals surface area contributed by atoms with Crippen LogP contribution < -0.4 is 10.6 Å². The van der Waals surface area contributed by atoms with Gasteiger partial charge in [-0.1, -0.05) is 39.2 Å². The van der Waals surface area contributed by atoms with Crippen molar-refractivity contribution in [1.82, 2.24) is 20.6 Å². The minimum absolute atomic E-state index is 0.168. The van der Waals surface area contributed by atoms with E-state index in [0.717, 1.165) is 69.0 Å². The number of hydrogen-bond acceptors (Lipinski definition) is 6. The summed E-state index contributed by atoms with van der Waals surface area (Å²) in [4.78, 5) is 57.2. The number of aromatic amines is 2. The van der Waals surface area contributed by atoms with E-state index < -0.39 is 0 Å². The summed E-state index contributed by atoms with van der Waals surface area (Å²) in [6.45, 7) is 20.0. The number of H-pyrrole nitrogens is 2. The van der Waals surface area contributed by atoms with Gasteiger partial charge in [-0.2, -0.15) is 0 Å². The van der Waals surface area contributed by atoms with Crippen molar-refractivity contribution in [2.45, 2.75) is 86.5 Å². The van der Waals surface area contributed by atoms with Gasteiger partial charge >= 0.3 is 11.9 Å². The molecule has 4 heterocycles. The van der Waals surface area contributed by atoms with Gasteiger partial charge in [0, 0.05) is 64.3 Å². The van der Waals surface area contributed by atoms with E-state index in [-0.39, 0.29) is 36.6 Å². The molecule has 260 valence electrons. The number of carbonyl (C=O) groups is 4. The highest BCUT2D eigenvalue weighted by molar-refractivity contribution is 6.02. The predicted molar refractivity (Wildman–Crippen MR) is 191 cm³/mol. The summed E-state index contributed by atoms with van der Waals surface area (Å²) in [6.07, 6.45) is 10.4. The minimum atomic E-state index is -0.264. The van der Waals surface area contributed by atoms with Crippen molar-refractivity contribution in [3.8, 4) is 0 Å². The van der Waals surface area contributed by atoms with E-state index in [0.29, 0.717) is 55.0 Å². The fraction of sp³-hybridized carbons (Fsp3) is 0.385. The lowest BCUT2D eigenvalue weighted by molar-refractivity contribution is -0.144. The van der Waals surface area contributed by atoms with Crippen LogP contribution in [0.3, 0.4) is 0 Å². The maximum Gasteiger partial charge on any atom is 0.306 e. The fourth-order valence-electron chi connectivity index (χ4n) is 6.17. The van der Waals surface area contributed by atoms with Crippen LogP contribution in [-0.2, 0) is 47.9 Å². The molecule has 2 aliphatic rings. The predicted octanol–water partition coefficient (Wildman–Crippen LogP) is 6.27. The highest BCUT2D eigenvalue weighted by atomic mass is 16.5. The molecule has 10 nitrogen and oxygen atoms in total. The first kappa shape index (κ1) is 36.7. The normalized spacial score (nSPS) is 16.1. The number of rotatable bonds is 16. The third-order valence-corrected chi connectivity index (χ3v) is 9.01. The molecule has 0 saturated heterocycles. The van der Waals surface area contributed by atoms with Crippen LogP contribution in [0.25, 0.3) is 12.2 Å².